The smallest absolute Gasteiger partial charge is 0.314 e. The molecule has 22 heavy (non-hydrogen) atoms. The van der Waals surface area contributed by atoms with Crippen LogP contribution in [0.1, 0.15) is 50.2 Å². The van der Waals surface area contributed by atoms with E-state index < -0.39 is 5.97 Å². The van der Waals surface area contributed by atoms with E-state index in [9.17, 15) is 9.59 Å². The molecule has 0 saturated carbocycles. The first-order valence-electron chi connectivity index (χ1n) is 7.81. The fourth-order valence-corrected chi connectivity index (χ4v) is 2.07. The molecule has 0 aromatic heterocycles. The van der Waals surface area contributed by atoms with Gasteiger partial charge in [-0.1, -0.05) is 38.1 Å². The molecule has 0 aliphatic carbocycles. The van der Waals surface area contributed by atoms with Gasteiger partial charge in [-0.2, -0.15) is 0 Å². The Kier molecular flexibility index (Phi) is 8.04. The molecule has 0 saturated heterocycles. The van der Waals surface area contributed by atoms with Gasteiger partial charge in [0.1, 0.15) is 0 Å². The first-order chi connectivity index (χ1) is 10.5. The third-order valence-electron chi connectivity index (χ3n) is 3.43. The lowest BCUT2D eigenvalue weighted by Gasteiger charge is -2.08. The van der Waals surface area contributed by atoms with E-state index >= 15 is 0 Å². The summed E-state index contributed by atoms with van der Waals surface area (Å²) in [6.45, 7) is 5.34. The molecule has 0 heterocycles. The molecular weight excluding hydrogens is 280 g/mol. The topological polar surface area (TPSA) is 78.4 Å². The van der Waals surface area contributed by atoms with Gasteiger partial charge in [0.2, 0.25) is 0 Å². The second-order valence-corrected chi connectivity index (χ2v) is 5.68. The Balaban J connectivity index is 2.11. The number of aryl methyl sites for hydroxylation is 1. The quantitative estimate of drug-likeness (QED) is 0.614. The molecule has 122 valence electrons. The summed E-state index contributed by atoms with van der Waals surface area (Å²) in [5.41, 5.74) is 2.61. The zero-order chi connectivity index (χ0) is 16.4. The molecule has 0 unspecified atom stereocenters. The van der Waals surface area contributed by atoms with Crippen molar-refractivity contribution in [2.75, 3.05) is 13.1 Å². The van der Waals surface area contributed by atoms with E-state index in [0.717, 1.165) is 12.8 Å². The summed E-state index contributed by atoms with van der Waals surface area (Å²) in [7, 11) is 0. The molecule has 1 rings (SSSR count). The van der Waals surface area contributed by atoms with Gasteiger partial charge in [-0.05, 0) is 36.3 Å². The van der Waals surface area contributed by atoms with Crippen molar-refractivity contribution in [3.63, 3.8) is 0 Å². The maximum Gasteiger partial charge on any atom is 0.314 e. The van der Waals surface area contributed by atoms with Crippen LogP contribution in [0.25, 0.3) is 0 Å². The third-order valence-corrected chi connectivity index (χ3v) is 3.43. The maximum atomic E-state index is 11.4. The van der Waals surface area contributed by atoms with Crippen molar-refractivity contribution >= 4 is 12.0 Å². The number of amides is 2. The summed E-state index contributed by atoms with van der Waals surface area (Å²) >= 11 is 0. The van der Waals surface area contributed by atoms with E-state index in [1.165, 1.54) is 11.1 Å². The highest BCUT2D eigenvalue weighted by Gasteiger charge is 2.02. The lowest BCUT2D eigenvalue weighted by Crippen LogP contribution is -2.36. The van der Waals surface area contributed by atoms with Gasteiger partial charge in [-0.3, -0.25) is 4.79 Å². The van der Waals surface area contributed by atoms with Crippen molar-refractivity contribution in [3.05, 3.63) is 35.4 Å². The van der Waals surface area contributed by atoms with Gasteiger partial charge < -0.3 is 15.7 Å². The van der Waals surface area contributed by atoms with Crippen molar-refractivity contribution in [2.45, 2.75) is 45.4 Å². The Morgan fingerprint density at radius 2 is 1.64 bits per heavy atom. The molecule has 1 aromatic carbocycles. The van der Waals surface area contributed by atoms with Crippen LogP contribution < -0.4 is 10.6 Å². The molecule has 3 N–H and O–H groups in total. The summed E-state index contributed by atoms with van der Waals surface area (Å²) in [6, 6.07) is 8.36. The minimum atomic E-state index is -0.842. The number of rotatable bonds is 9. The van der Waals surface area contributed by atoms with Gasteiger partial charge in [0.05, 0.1) is 0 Å². The highest BCUT2D eigenvalue weighted by molar-refractivity contribution is 5.73. The Morgan fingerprint density at radius 1 is 1.05 bits per heavy atom. The Hall–Kier alpha value is -2.04. The highest BCUT2D eigenvalue weighted by Crippen LogP contribution is 2.15. The summed E-state index contributed by atoms with van der Waals surface area (Å²) < 4.78 is 0. The normalized spacial score (nSPS) is 10.5. The highest BCUT2D eigenvalue weighted by atomic mass is 16.4. The van der Waals surface area contributed by atoms with Crippen LogP contribution >= 0.6 is 0 Å². The number of carbonyl (C=O) groups is 2. The van der Waals surface area contributed by atoms with E-state index in [1.807, 2.05) is 0 Å². The molecule has 0 aliphatic heterocycles. The van der Waals surface area contributed by atoms with Crippen LogP contribution in [-0.4, -0.2) is 30.2 Å². The molecule has 5 heteroatoms. The first-order valence-corrected chi connectivity index (χ1v) is 7.81. The summed E-state index contributed by atoms with van der Waals surface area (Å²) in [5.74, 6) is -0.300. The molecule has 0 aliphatic rings. The molecule has 0 spiro atoms. The van der Waals surface area contributed by atoms with Crippen molar-refractivity contribution in [1.82, 2.24) is 10.6 Å². The minimum Gasteiger partial charge on any atom is -0.481 e. The van der Waals surface area contributed by atoms with Crippen LogP contribution in [0, 0.1) is 0 Å². The van der Waals surface area contributed by atoms with Crippen LogP contribution in [0.4, 0.5) is 4.79 Å². The number of carbonyl (C=O) groups excluding carboxylic acids is 1. The van der Waals surface area contributed by atoms with Gasteiger partial charge in [0.25, 0.3) is 0 Å². The van der Waals surface area contributed by atoms with Gasteiger partial charge in [0.15, 0.2) is 0 Å². The van der Waals surface area contributed by atoms with Crippen LogP contribution in [0.15, 0.2) is 24.3 Å². The maximum absolute atomic E-state index is 11.4. The molecule has 0 radical (unpaired) electrons. The largest absolute Gasteiger partial charge is 0.481 e. The van der Waals surface area contributed by atoms with Crippen LogP contribution in [0.2, 0.25) is 0 Å². The average Bonchev–Trinajstić information content (AvgIpc) is 2.48. The zero-order valence-electron chi connectivity index (χ0n) is 13.4. The molecule has 5 nitrogen and oxygen atoms in total. The van der Waals surface area contributed by atoms with Crippen LogP contribution in [-0.2, 0) is 11.2 Å². The van der Waals surface area contributed by atoms with E-state index in [1.54, 1.807) is 0 Å². The molecule has 0 fully saturated rings. The SMILES string of the molecule is CC(C)c1ccc(CCCNC(=O)NCCCC(=O)O)cc1. The Bertz CT molecular complexity index is 469. The Labute approximate surface area is 132 Å². The predicted octanol–water partition coefficient (Wildman–Crippen LogP) is 2.91. The van der Waals surface area contributed by atoms with Crippen LogP contribution in [0.5, 0.6) is 0 Å². The summed E-state index contributed by atoms with van der Waals surface area (Å²) in [6.07, 6.45) is 2.33. The number of benzene rings is 1. The van der Waals surface area contributed by atoms with Crippen molar-refractivity contribution in [1.29, 1.82) is 0 Å². The van der Waals surface area contributed by atoms with Crippen molar-refractivity contribution < 1.29 is 14.7 Å². The van der Waals surface area contributed by atoms with E-state index in [4.69, 9.17) is 5.11 Å². The van der Waals surface area contributed by atoms with Gasteiger partial charge in [0, 0.05) is 19.5 Å². The van der Waals surface area contributed by atoms with Gasteiger partial charge in [-0.25, -0.2) is 4.79 Å². The number of aliphatic carboxylic acids is 1. The second kappa shape index (κ2) is 9.82. The monoisotopic (exact) mass is 306 g/mol. The molecule has 2 amide bonds. The van der Waals surface area contributed by atoms with Gasteiger partial charge in [-0.15, -0.1) is 0 Å². The first kappa shape index (κ1) is 18.0. The standard InChI is InChI=1S/C17H26N2O3/c1-13(2)15-9-7-14(8-10-15)5-3-11-18-17(22)19-12-4-6-16(20)21/h7-10,13H,3-6,11-12H2,1-2H3,(H,20,21)(H2,18,19,22). The fourth-order valence-electron chi connectivity index (χ4n) is 2.07. The number of carboxylic acid groups (broad SMARTS) is 1. The molecular formula is C17H26N2O3. The number of hydrogen-bond acceptors (Lipinski definition) is 2. The Morgan fingerprint density at radius 3 is 2.18 bits per heavy atom. The van der Waals surface area contributed by atoms with E-state index in [-0.39, 0.29) is 12.5 Å². The fraction of sp³-hybridized carbons (Fsp3) is 0.529. The zero-order valence-corrected chi connectivity index (χ0v) is 13.4. The number of carboxylic acids is 1. The predicted molar refractivity (Wildman–Crippen MR) is 87.1 cm³/mol. The molecule has 1 aromatic rings. The van der Waals surface area contributed by atoms with E-state index in [0.29, 0.717) is 25.4 Å². The van der Waals surface area contributed by atoms with E-state index in [2.05, 4.69) is 48.7 Å². The number of urea groups is 1. The van der Waals surface area contributed by atoms with Crippen molar-refractivity contribution in [3.8, 4) is 0 Å². The molecule has 0 bridgehead atoms. The lowest BCUT2D eigenvalue weighted by molar-refractivity contribution is -0.137. The number of hydrogen-bond donors (Lipinski definition) is 3. The molecule has 0 atom stereocenters. The van der Waals surface area contributed by atoms with Gasteiger partial charge >= 0.3 is 12.0 Å². The lowest BCUT2D eigenvalue weighted by atomic mass is 10.0. The van der Waals surface area contributed by atoms with Crippen LogP contribution in [0.3, 0.4) is 0 Å². The summed E-state index contributed by atoms with van der Waals surface area (Å²) in [5, 5.41) is 13.9. The third kappa shape index (κ3) is 7.67. The average molecular weight is 306 g/mol. The summed E-state index contributed by atoms with van der Waals surface area (Å²) in [4.78, 5) is 21.8. The van der Waals surface area contributed by atoms with Crippen molar-refractivity contribution in [2.24, 2.45) is 0 Å². The number of nitrogens with one attached hydrogen (secondary N) is 2. The second-order valence-electron chi connectivity index (χ2n) is 5.68. The minimum absolute atomic E-state index is 0.0760.